The van der Waals surface area contributed by atoms with Gasteiger partial charge in [0.15, 0.2) is 11.5 Å². The fourth-order valence-electron chi connectivity index (χ4n) is 4.41. The van der Waals surface area contributed by atoms with E-state index in [9.17, 15) is 0 Å². The molecule has 1 aromatic carbocycles. The molecule has 27 heavy (non-hydrogen) atoms. The normalized spacial score (nSPS) is 19.1. The Morgan fingerprint density at radius 3 is 2.48 bits per heavy atom. The lowest BCUT2D eigenvalue weighted by Gasteiger charge is -2.45. The van der Waals surface area contributed by atoms with Gasteiger partial charge < -0.3 is 18.8 Å². The first-order valence-corrected chi connectivity index (χ1v) is 9.65. The van der Waals surface area contributed by atoms with Gasteiger partial charge in [0.05, 0.1) is 32.1 Å². The number of methoxy groups -OCH3 is 2. The van der Waals surface area contributed by atoms with Crippen molar-refractivity contribution in [3.63, 3.8) is 0 Å². The molecule has 0 atom stereocenters. The number of hydrogen-bond acceptors (Lipinski definition) is 5. The van der Waals surface area contributed by atoms with Gasteiger partial charge in [0, 0.05) is 32.9 Å². The maximum absolute atomic E-state index is 6.38. The van der Waals surface area contributed by atoms with Gasteiger partial charge >= 0.3 is 0 Å². The van der Waals surface area contributed by atoms with E-state index in [-0.39, 0.29) is 5.60 Å². The van der Waals surface area contributed by atoms with Crippen LogP contribution in [-0.2, 0) is 30.4 Å². The van der Waals surface area contributed by atoms with Crippen molar-refractivity contribution in [3.8, 4) is 11.5 Å². The minimum absolute atomic E-state index is 0.205. The second kappa shape index (κ2) is 7.17. The molecule has 0 aliphatic carbocycles. The maximum atomic E-state index is 6.38. The molecular formula is C21H29N3O3. The molecule has 2 aliphatic heterocycles. The largest absolute Gasteiger partial charge is 0.493 e. The number of likely N-dealkylation sites (tertiary alicyclic amines) is 1. The van der Waals surface area contributed by atoms with E-state index < -0.39 is 0 Å². The zero-order valence-electron chi connectivity index (χ0n) is 16.7. The topological polar surface area (TPSA) is 48.8 Å². The van der Waals surface area contributed by atoms with Gasteiger partial charge in [-0.15, -0.1) is 0 Å². The van der Waals surface area contributed by atoms with Crippen LogP contribution in [0.2, 0.25) is 0 Å². The third-order valence-corrected chi connectivity index (χ3v) is 6.06. The zero-order valence-corrected chi connectivity index (χ0v) is 16.7. The standard InChI is InChI=1S/C21H29N3O3/c1-15-22-17(13-23(15)2)14-24-8-6-21(7-9-24)18-12-20(26-4)19(25-3)11-16(18)5-10-27-21/h11-13H,5-10,14H2,1-4H3. The monoisotopic (exact) mass is 371 g/mol. The highest BCUT2D eigenvalue weighted by Crippen LogP contribution is 2.45. The molecule has 0 bridgehead atoms. The van der Waals surface area contributed by atoms with Crippen molar-refractivity contribution < 1.29 is 14.2 Å². The highest BCUT2D eigenvalue weighted by atomic mass is 16.5. The predicted molar refractivity (Wildman–Crippen MR) is 103 cm³/mol. The van der Waals surface area contributed by atoms with Crippen LogP contribution < -0.4 is 9.47 Å². The number of hydrogen-bond donors (Lipinski definition) is 0. The average Bonchev–Trinajstić information content (AvgIpc) is 3.00. The molecule has 6 heteroatoms. The maximum Gasteiger partial charge on any atom is 0.161 e. The van der Waals surface area contributed by atoms with Crippen LogP contribution in [0.25, 0.3) is 0 Å². The van der Waals surface area contributed by atoms with Crippen molar-refractivity contribution in [2.75, 3.05) is 33.9 Å². The molecule has 6 nitrogen and oxygen atoms in total. The van der Waals surface area contributed by atoms with Gasteiger partial charge in [-0.1, -0.05) is 0 Å². The number of benzene rings is 1. The van der Waals surface area contributed by atoms with Gasteiger partial charge in [-0.3, -0.25) is 4.90 Å². The molecule has 0 amide bonds. The van der Waals surface area contributed by atoms with E-state index in [2.05, 4.69) is 32.8 Å². The lowest BCUT2D eigenvalue weighted by Crippen LogP contribution is -2.46. The molecular weight excluding hydrogens is 342 g/mol. The number of aromatic nitrogens is 2. The summed E-state index contributed by atoms with van der Waals surface area (Å²) < 4.78 is 19.5. The molecule has 4 rings (SSSR count). The van der Waals surface area contributed by atoms with Crippen LogP contribution in [0, 0.1) is 6.92 Å². The zero-order chi connectivity index (χ0) is 19.0. The fourth-order valence-corrected chi connectivity index (χ4v) is 4.41. The summed E-state index contributed by atoms with van der Waals surface area (Å²) >= 11 is 0. The van der Waals surface area contributed by atoms with E-state index in [1.54, 1.807) is 14.2 Å². The summed E-state index contributed by atoms with van der Waals surface area (Å²) in [6, 6.07) is 4.26. The van der Waals surface area contributed by atoms with Crippen molar-refractivity contribution in [2.45, 2.75) is 38.3 Å². The Balaban J connectivity index is 1.53. The second-order valence-electron chi connectivity index (χ2n) is 7.62. The van der Waals surface area contributed by atoms with E-state index >= 15 is 0 Å². The fraction of sp³-hybridized carbons (Fsp3) is 0.571. The minimum Gasteiger partial charge on any atom is -0.493 e. The molecule has 1 saturated heterocycles. The van der Waals surface area contributed by atoms with Crippen LogP contribution in [0.1, 0.15) is 35.5 Å². The van der Waals surface area contributed by atoms with Crippen molar-refractivity contribution in [2.24, 2.45) is 7.05 Å². The minimum atomic E-state index is -0.205. The van der Waals surface area contributed by atoms with Gasteiger partial charge in [0.1, 0.15) is 5.82 Å². The van der Waals surface area contributed by atoms with E-state index in [0.29, 0.717) is 0 Å². The summed E-state index contributed by atoms with van der Waals surface area (Å²) in [5, 5.41) is 0. The van der Waals surface area contributed by atoms with Crippen LogP contribution in [0.4, 0.5) is 0 Å². The summed E-state index contributed by atoms with van der Waals surface area (Å²) in [5.41, 5.74) is 3.54. The Morgan fingerprint density at radius 2 is 1.85 bits per heavy atom. The summed E-state index contributed by atoms with van der Waals surface area (Å²) in [6.45, 7) is 5.72. The Bertz CT molecular complexity index is 803. The van der Waals surface area contributed by atoms with E-state index in [4.69, 9.17) is 14.2 Å². The van der Waals surface area contributed by atoms with Crippen LogP contribution in [0.15, 0.2) is 18.3 Å². The van der Waals surface area contributed by atoms with Crippen molar-refractivity contribution in [1.29, 1.82) is 0 Å². The summed E-state index contributed by atoms with van der Waals surface area (Å²) in [5.74, 6) is 2.65. The molecule has 1 fully saturated rings. The molecule has 146 valence electrons. The molecule has 3 heterocycles. The third kappa shape index (κ3) is 3.32. The summed E-state index contributed by atoms with van der Waals surface area (Å²) in [6.07, 6.45) is 5.03. The lowest BCUT2D eigenvalue weighted by molar-refractivity contribution is -0.0991. The molecule has 2 aliphatic rings. The van der Waals surface area contributed by atoms with Crippen LogP contribution >= 0.6 is 0 Å². The molecule has 0 unspecified atom stereocenters. The van der Waals surface area contributed by atoms with Crippen LogP contribution in [-0.4, -0.2) is 48.4 Å². The van der Waals surface area contributed by atoms with Gasteiger partial charge in [-0.05, 0) is 49.4 Å². The molecule has 0 saturated carbocycles. The number of ether oxygens (including phenoxy) is 3. The SMILES string of the molecule is COc1cc2c(cc1OC)C1(CCN(Cc3cn(C)c(C)n3)CC1)OCC2. The second-order valence-corrected chi connectivity index (χ2v) is 7.62. The first-order chi connectivity index (χ1) is 13.0. The number of piperidine rings is 1. The van der Waals surface area contributed by atoms with E-state index in [1.807, 2.05) is 14.0 Å². The van der Waals surface area contributed by atoms with Gasteiger partial charge in [0.2, 0.25) is 0 Å². The number of aryl methyl sites for hydroxylation is 2. The molecule has 2 aromatic rings. The quantitative estimate of drug-likeness (QED) is 0.827. The Kier molecular flexibility index (Phi) is 4.86. The van der Waals surface area contributed by atoms with Crippen molar-refractivity contribution in [3.05, 3.63) is 41.0 Å². The Morgan fingerprint density at radius 1 is 1.15 bits per heavy atom. The summed E-state index contributed by atoms with van der Waals surface area (Å²) in [4.78, 5) is 7.12. The highest BCUT2D eigenvalue weighted by molar-refractivity contribution is 5.50. The average molecular weight is 371 g/mol. The Hall–Kier alpha value is -2.05. The number of fused-ring (bicyclic) bond motifs is 2. The Labute approximate surface area is 161 Å². The van der Waals surface area contributed by atoms with Gasteiger partial charge in [0.25, 0.3) is 0 Å². The number of nitrogens with zero attached hydrogens (tertiary/aromatic N) is 3. The number of imidazole rings is 1. The first kappa shape index (κ1) is 18.3. The van der Waals surface area contributed by atoms with Crippen molar-refractivity contribution >= 4 is 0 Å². The first-order valence-electron chi connectivity index (χ1n) is 9.65. The number of rotatable bonds is 4. The third-order valence-electron chi connectivity index (χ3n) is 6.06. The summed E-state index contributed by atoms with van der Waals surface area (Å²) in [7, 11) is 5.43. The highest BCUT2D eigenvalue weighted by Gasteiger charge is 2.41. The predicted octanol–water partition coefficient (Wildman–Crippen LogP) is 2.81. The lowest BCUT2D eigenvalue weighted by atomic mass is 9.79. The van der Waals surface area contributed by atoms with Crippen molar-refractivity contribution in [1.82, 2.24) is 14.5 Å². The van der Waals surface area contributed by atoms with Gasteiger partial charge in [-0.2, -0.15) is 0 Å². The van der Waals surface area contributed by atoms with Crippen LogP contribution in [0.3, 0.4) is 0 Å². The molecule has 1 spiro atoms. The van der Waals surface area contributed by atoms with E-state index in [1.165, 1.54) is 11.1 Å². The van der Waals surface area contributed by atoms with Gasteiger partial charge in [-0.25, -0.2) is 4.98 Å². The van der Waals surface area contributed by atoms with Crippen LogP contribution in [0.5, 0.6) is 11.5 Å². The molecule has 1 aromatic heterocycles. The smallest absolute Gasteiger partial charge is 0.161 e. The van der Waals surface area contributed by atoms with E-state index in [0.717, 1.165) is 68.5 Å². The molecule has 0 radical (unpaired) electrons. The molecule has 0 N–H and O–H groups in total.